The topological polar surface area (TPSA) is 58.6 Å². The molecule has 5 heteroatoms. The van der Waals surface area contributed by atoms with Crippen LogP contribution >= 0.6 is 0 Å². The summed E-state index contributed by atoms with van der Waals surface area (Å²) in [5.74, 6) is 0.453. The Morgan fingerprint density at radius 3 is 2.69 bits per heavy atom. The van der Waals surface area contributed by atoms with Crippen LogP contribution in [-0.2, 0) is 27.5 Å². The van der Waals surface area contributed by atoms with Gasteiger partial charge in [0, 0.05) is 25.6 Å². The molecule has 1 saturated heterocycles. The normalized spacial score (nSPS) is 20.3. The van der Waals surface area contributed by atoms with E-state index >= 15 is 0 Å². The van der Waals surface area contributed by atoms with E-state index in [9.17, 15) is 9.59 Å². The zero-order valence-corrected chi connectivity index (χ0v) is 15.9. The predicted octanol–water partition coefficient (Wildman–Crippen LogP) is 2.88. The highest BCUT2D eigenvalue weighted by Crippen LogP contribution is 2.32. The molecule has 0 radical (unpaired) electrons. The van der Waals surface area contributed by atoms with Crippen LogP contribution in [0.2, 0.25) is 0 Å². The average Bonchev–Trinajstić information content (AvgIpc) is 3.49. The first kappa shape index (κ1) is 18.9. The Hall–Kier alpha value is -1.88. The van der Waals surface area contributed by atoms with Crippen LogP contribution in [-0.4, -0.2) is 35.9 Å². The van der Waals surface area contributed by atoms with Crippen molar-refractivity contribution < 1.29 is 14.3 Å². The summed E-state index contributed by atoms with van der Waals surface area (Å²) in [7, 11) is 0. The van der Waals surface area contributed by atoms with Crippen molar-refractivity contribution in [3.8, 4) is 0 Å². The summed E-state index contributed by atoms with van der Waals surface area (Å²) < 4.78 is 5.64. The lowest BCUT2D eigenvalue weighted by Crippen LogP contribution is -2.45. The van der Waals surface area contributed by atoms with Crippen LogP contribution in [0.15, 0.2) is 24.3 Å². The maximum Gasteiger partial charge on any atom is 0.225 e. The Balaban J connectivity index is 1.48. The molecule has 5 nitrogen and oxygen atoms in total. The van der Waals surface area contributed by atoms with Gasteiger partial charge in [-0.2, -0.15) is 0 Å². The first-order valence-electron chi connectivity index (χ1n) is 9.79. The number of hydrogen-bond acceptors (Lipinski definition) is 3. The molecule has 142 valence electrons. The molecular weight excluding hydrogens is 328 g/mol. The fraction of sp³-hybridized carbons (Fsp3) is 0.619. The molecule has 0 aromatic heterocycles. The summed E-state index contributed by atoms with van der Waals surface area (Å²) >= 11 is 0. The van der Waals surface area contributed by atoms with Gasteiger partial charge < -0.3 is 15.0 Å². The van der Waals surface area contributed by atoms with Crippen molar-refractivity contribution in [3.05, 3.63) is 35.4 Å². The molecule has 0 unspecified atom stereocenters. The van der Waals surface area contributed by atoms with Gasteiger partial charge in [0.15, 0.2) is 0 Å². The zero-order valence-electron chi connectivity index (χ0n) is 15.9. The molecule has 26 heavy (non-hydrogen) atoms. The van der Waals surface area contributed by atoms with E-state index < -0.39 is 0 Å². The lowest BCUT2D eigenvalue weighted by molar-refractivity contribution is -0.136. The Kier molecular flexibility index (Phi) is 6.30. The smallest absolute Gasteiger partial charge is 0.225 e. The first-order valence-corrected chi connectivity index (χ1v) is 9.79. The van der Waals surface area contributed by atoms with Gasteiger partial charge in [-0.25, -0.2) is 0 Å². The van der Waals surface area contributed by atoms with Crippen molar-refractivity contribution in [2.24, 2.45) is 11.8 Å². The number of nitrogens with zero attached hydrogens (tertiary/aromatic N) is 1. The van der Waals surface area contributed by atoms with Gasteiger partial charge in [0.2, 0.25) is 11.8 Å². The third kappa shape index (κ3) is 5.31. The molecule has 2 amide bonds. The summed E-state index contributed by atoms with van der Waals surface area (Å²) in [4.78, 5) is 26.7. The van der Waals surface area contributed by atoms with E-state index in [-0.39, 0.29) is 29.8 Å². The molecule has 1 aromatic carbocycles. The van der Waals surface area contributed by atoms with Crippen LogP contribution in [0.5, 0.6) is 0 Å². The fourth-order valence-corrected chi connectivity index (χ4v) is 3.41. The second-order valence-corrected chi connectivity index (χ2v) is 7.80. The number of rotatable bonds is 7. The molecule has 1 heterocycles. The number of carbonyl (C=O) groups is 2. The van der Waals surface area contributed by atoms with Crippen molar-refractivity contribution in [3.63, 3.8) is 0 Å². The van der Waals surface area contributed by atoms with E-state index in [1.807, 2.05) is 36.9 Å². The summed E-state index contributed by atoms with van der Waals surface area (Å²) in [5, 5.41) is 3.05. The van der Waals surface area contributed by atoms with Gasteiger partial charge in [-0.3, -0.25) is 9.59 Å². The molecule has 1 atom stereocenters. The molecule has 1 N–H and O–H groups in total. The number of nitrogens with one attached hydrogen (secondary N) is 1. The maximum absolute atomic E-state index is 12.6. The van der Waals surface area contributed by atoms with Crippen molar-refractivity contribution in [1.29, 1.82) is 0 Å². The number of carbonyl (C=O) groups excluding carboxylic acids is 2. The van der Waals surface area contributed by atoms with Crippen molar-refractivity contribution >= 4 is 11.8 Å². The van der Waals surface area contributed by atoms with Gasteiger partial charge >= 0.3 is 0 Å². The Labute approximate surface area is 156 Å². The van der Waals surface area contributed by atoms with E-state index in [1.165, 1.54) is 0 Å². The molecule has 0 spiro atoms. The molecular formula is C21H30N2O3. The van der Waals surface area contributed by atoms with Gasteiger partial charge in [-0.15, -0.1) is 0 Å². The van der Waals surface area contributed by atoms with Crippen LogP contribution in [0.4, 0.5) is 0 Å². The number of benzene rings is 1. The number of amides is 2. The molecule has 0 bridgehead atoms. The molecule has 1 aromatic rings. The highest BCUT2D eigenvalue weighted by atomic mass is 16.5. The molecule has 2 fully saturated rings. The van der Waals surface area contributed by atoms with Crippen LogP contribution in [0, 0.1) is 11.8 Å². The Bertz CT molecular complexity index is 640. The van der Waals surface area contributed by atoms with E-state index in [2.05, 4.69) is 11.4 Å². The van der Waals surface area contributed by atoms with Crippen molar-refractivity contribution in [2.75, 3.05) is 13.1 Å². The molecule has 1 saturated carbocycles. The van der Waals surface area contributed by atoms with Crippen LogP contribution in [0.25, 0.3) is 0 Å². The van der Waals surface area contributed by atoms with E-state index in [1.54, 1.807) is 0 Å². The minimum absolute atomic E-state index is 0.0575. The summed E-state index contributed by atoms with van der Waals surface area (Å²) in [6.45, 7) is 6.51. The van der Waals surface area contributed by atoms with Gasteiger partial charge in [0.1, 0.15) is 0 Å². The van der Waals surface area contributed by atoms with E-state index in [0.717, 1.165) is 43.4 Å². The first-order chi connectivity index (χ1) is 12.5. The summed E-state index contributed by atoms with van der Waals surface area (Å²) in [6.07, 6.45) is 4.01. The largest absolute Gasteiger partial charge is 0.374 e. The van der Waals surface area contributed by atoms with E-state index in [4.69, 9.17) is 4.74 Å². The average molecular weight is 358 g/mol. The molecule has 1 aliphatic carbocycles. The maximum atomic E-state index is 12.6. The predicted molar refractivity (Wildman–Crippen MR) is 100 cm³/mol. The van der Waals surface area contributed by atoms with Crippen LogP contribution in [0.1, 0.15) is 50.7 Å². The van der Waals surface area contributed by atoms with E-state index in [0.29, 0.717) is 19.7 Å². The summed E-state index contributed by atoms with van der Waals surface area (Å²) in [6, 6.07) is 8.13. The fourth-order valence-electron chi connectivity index (χ4n) is 3.41. The third-order valence-electron chi connectivity index (χ3n) is 5.07. The number of ether oxygens (including phenoxy) is 1. The third-order valence-corrected chi connectivity index (χ3v) is 5.07. The lowest BCUT2D eigenvalue weighted by Gasteiger charge is -2.32. The molecule has 2 aliphatic rings. The summed E-state index contributed by atoms with van der Waals surface area (Å²) in [5.41, 5.74) is 2.19. The SMILES string of the molecule is CC(C)OCc1cccc(CNC(=O)[C@H]2CCCN(C(=O)C3CC3)C2)c1. The minimum Gasteiger partial charge on any atom is -0.374 e. The number of hydrogen-bond donors (Lipinski definition) is 1. The number of piperidine rings is 1. The monoisotopic (exact) mass is 358 g/mol. The minimum atomic E-state index is -0.0843. The standard InChI is InChI=1S/C21H30N2O3/c1-15(2)26-14-17-6-3-5-16(11-17)12-22-20(24)19-7-4-10-23(13-19)21(25)18-8-9-18/h3,5-6,11,15,18-19H,4,7-10,12-14H2,1-2H3,(H,22,24)/t19-/m0/s1. The van der Waals surface area contributed by atoms with Gasteiger partial charge in [0.25, 0.3) is 0 Å². The second kappa shape index (κ2) is 8.67. The molecule has 3 rings (SSSR count). The highest BCUT2D eigenvalue weighted by Gasteiger charge is 2.36. The second-order valence-electron chi connectivity index (χ2n) is 7.80. The highest BCUT2D eigenvalue weighted by molar-refractivity contribution is 5.83. The van der Waals surface area contributed by atoms with Crippen molar-refractivity contribution in [1.82, 2.24) is 10.2 Å². The van der Waals surface area contributed by atoms with Gasteiger partial charge in [-0.1, -0.05) is 24.3 Å². The van der Waals surface area contributed by atoms with Gasteiger partial charge in [-0.05, 0) is 50.7 Å². The lowest BCUT2D eigenvalue weighted by atomic mass is 9.96. The van der Waals surface area contributed by atoms with Gasteiger partial charge in [0.05, 0.1) is 18.6 Å². The van der Waals surface area contributed by atoms with Crippen LogP contribution in [0.3, 0.4) is 0 Å². The molecule has 1 aliphatic heterocycles. The number of likely N-dealkylation sites (tertiary alicyclic amines) is 1. The zero-order chi connectivity index (χ0) is 18.5. The quantitative estimate of drug-likeness (QED) is 0.815. The van der Waals surface area contributed by atoms with Crippen LogP contribution < -0.4 is 5.32 Å². The van der Waals surface area contributed by atoms with Crippen molar-refractivity contribution in [2.45, 2.75) is 58.8 Å². The Morgan fingerprint density at radius 2 is 1.96 bits per heavy atom. The Morgan fingerprint density at radius 1 is 1.19 bits per heavy atom.